The van der Waals surface area contributed by atoms with Crippen LogP contribution in [0.2, 0.25) is 0 Å². The van der Waals surface area contributed by atoms with Crippen molar-refractivity contribution in [2.45, 2.75) is 51.6 Å². The monoisotopic (exact) mass is 347 g/mol. The molecule has 1 spiro atoms. The van der Waals surface area contributed by atoms with Crippen molar-refractivity contribution in [3.8, 4) is 0 Å². The molecule has 7 heteroatoms. The summed E-state index contributed by atoms with van der Waals surface area (Å²) in [6, 6.07) is 0.383. The van der Waals surface area contributed by atoms with Crippen LogP contribution in [0.3, 0.4) is 0 Å². The van der Waals surface area contributed by atoms with Gasteiger partial charge in [0.05, 0.1) is 12.0 Å². The lowest BCUT2D eigenvalue weighted by Crippen LogP contribution is -2.54. The zero-order chi connectivity index (χ0) is 17.4. The highest BCUT2D eigenvalue weighted by atomic mass is 16.5. The van der Waals surface area contributed by atoms with Crippen molar-refractivity contribution in [1.29, 1.82) is 0 Å². The summed E-state index contributed by atoms with van der Waals surface area (Å²) in [6.07, 6.45) is 5.11. The molecule has 4 rings (SSSR count). The number of nitrogens with zero attached hydrogens (tertiary/aromatic N) is 5. The second-order valence-corrected chi connectivity index (χ2v) is 7.91. The van der Waals surface area contributed by atoms with Crippen LogP contribution in [0.1, 0.15) is 43.8 Å². The Morgan fingerprint density at radius 2 is 2.00 bits per heavy atom. The number of carbonyl (C=O) groups is 1. The summed E-state index contributed by atoms with van der Waals surface area (Å²) in [7, 11) is 2.01. The van der Waals surface area contributed by atoms with Crippen LogP contribution >= 0.6 is 0 Å². The number of likely N-dealkylation sites (tertiary alicyclic amines) is 2. The highest BCUT2D eigenvalue weighted by Gasteiger charge is 2.49. The van der Waals surface area contributed by atoms with Crippen LogP contribution in [0, 0.1) is 12.3 Å². The first-order valence-electron chi connectivity index (χ1n) is 9.55. The summed E-state index contributed by atoms with van der Waals surface area (Å²) < 4.78 is 7.52. The van der Waals surface area contributed by atoms with Gasteiger partial charge in [-0.1, -0.05) is 0 Å². The topological polar surface area (TPSA) is 63.5 Å². The second kappa shape index (κ2) is 6.68. The number of carbonyl (C=O) groups excluding carboxylic acids is 1. The summed E-state index contributed by atoms with van der Waals surface area (Å²) in [4.78, 5) is 17.9. The molecule has 0 bridgehead atoms. The van der Waals surface area contributed by atoms with Crippen molar-refractivity contribution in [3.05, 3.63) is 11.6 Å². The third kappa shape index (κ3) is 3.08. The minimum absolute atomic E-state index is 0.176. The third-order valence-corrected chi connectivity index (χ3v) is 6.38. The molecule has 3 fully saturated rings. The summed E-state index contributed by atoms with van der Waals surface area (Å²) in [6.45, 7) is 7.09. The van der Waals surface area contributed by atoms with Crippen LogP contribution in [0.4, 0.5) is 0 Å². The van der Waals surface area contributed by atoms with Crippen molar-refractivity contribution >= 4 is 5.91 Å². The third-order valence-electron chi connectivity index (χ3n) is 6.38. The maximum Gasteiger partial charge on any atom is 0.230 e. The number of aromatic nitrogens is 3. The van der Waals surface area contributed by atoms with Gasteiger partial charge in [-0.05, 0) is 45.6 Å². The molecule has 4 heterocycles. The molecular formula is C18H29N5O2. The molecule has 1 aromatic heterocycles. The predicted octanol–water partition coefficient (Wildman–Crippen LogP) is 1.12. The van der Waals surface area contributed by atoms with Gasteiger partial charge in [-0.3, -0.25) is 9.69 Å². The average molecular weight is 347 g/mol. The highest BCUT2D eigenvalue weighted by molar-refractivity contribution is 5.84. The molecule has 3 saturated heterocycles. The SMILES string of the molecule is Cc1nnc(CN2CC[C@@]3(CCCN(C4CCOCC4)C3=O)C2)n1C. The van der Waals surface area contributed by atoms with E-state index in [9.17, 15) is 4.79 Å². The highest BCUT2D eigenvalue weighted by Crippen LogP contribution is 2.41. The van der Waals surface area contributed by atoms with Gasteiger partial charge >= 0.3 is 0 Å². The molecule has 0 N–H and O–H groups in total. The Labute approximate surface area is 149 Å². The summed E-state index contributed by atoms with van der Waals surface area (Å²) >= 11 is 0. The van der Waals surface area contributed by atoms with Crippen LogP contribution in [0.5, 0.6) is 0 Å². The molecule has 25 heavy (non-hydrogen) atoms. The van der Waals surface area contributed by atoms with Gasteiger partial charge < -0.3 is 14.2 Å². The van der Waals surface area contributed by atoms with Gasteiger partial charge in [0.1, 0.15) is 11.6 Å². The molecular weight excluding hydrogens is 318 g/mol. The fraction of sp³-hybridized carbons (Fsp3) is 0.833. The normalized spacial score (nSPS) is 29.0. The van der Waals surface area contributed by atoms with Gasteiger partial charge in [-0.2, -0.15) is 0 Å². The zero-order valence-corrected chi connectivity index (χ0v) is 15.4. The minimum atomic E-state index is -0.176. The van der Waals surface area contributed by atoms with E-state index in [1.54, 1.807) is 0 Å². The number of rotatable bonds is 3. The van der Waals surface area contributed by atoms with Crippen molar-refractivity contribution < 1.29 is 9.53 Å². The molecule has 7 nitrogen and oxygen atoms in total. The van der Waals surface area contributed by atoms with Gasteiger partial charge in [0, 0.05) is 39.4 Å². The van der Waals surface area contributed by atoms with E-state index in [-0.39, 0.29) is 5.41 Å². The van der Waals surface area contributed by atoms with E-state index >= 15 is 0 Å². The molecule has 3 aliphatic heterocycles. The molecule has 0 saturated carbocycles. The standard InChI is InChI=1S/C18H29N5O2/c1-14-19-20-16(21(14)2)12-22-9-7-18(13-22)6-3-8-23(17(18)24)15-4-10-25-11-5-15/h15H,3-13H2,1-2H3/t18-/m0/s1. The average Bonchev–Trinajstić information content (AvgIpc) is 3.18. The zero-order valence-electron chi connectivity index (χ0n) is 15.4. The first-order valence-corrected chi connectivity index (χ1v) is 9.55. The largest absolute Gasteiger partial charge is 0.381 e. The lowest BCUT2D eigenvalue weighted by molar-refractivity contribution is -0.150. The summed E-state index contributed by atoms with van der Waals surface area (Å²) in [5.74, 6) is 2.31. The van der Waals surface area contributed by atoms with Crippen molar-refractivity contribution in [2.75, 3.05) is 32.8 Å². The van der Waals surface area contributed by atoms with E-state index in [4.69, 9.17) is 4.74 Å². The first-order chi connectivity index (χ1) is 12.1. The van der Waals surface area contributed by atoms with Gasteiger partial charge in [-0.25, -0.2) is 0 Å². The van der Waals surface area contributed by atoms with E-state index in [2.05, 4.69) is 20.0 Å². The maximum absolute atomic E-state index is 13.3. The van der Waals surface area contributed by atoms with Gasteiger partial charge in [0.25, 0.3) is 0 Å². The van der Waals surface area contributed by atoms with Gasteiger partial charge in [-0.15, -0.1) is 10.2 Å². The second-order valence-electron chi connectivity index (χ2n) is 7.91. The first kappa shape index (κ1) is 17.0. The lowest BCUT2D eigenvalue weighted by atomic mass is 9.77. The smallest absolute Gasteiger partial charge is 0.230 e. The van der Waals surface area contributed by atoms with Crippen LogP contribution in [-0.2, 0) is 23.1 Å². The predicted molar refractivity (Wildman–Crippen MR) is 92.9 cm³/mol. The Bertz CT molecular complexity index is 639. The molecule has 1 aromatic rings. The van der Waals surface area contributed by atoms with E-state index < -0.39 is 0 Å². The number of aryl methyl sites for hydroxylation is 1. The summed E-state index contributed by atoms with van der Waals surface area (Å²) in [5, 5.41) is 8.43. The van der Waals surface area contributed by atoms with Crippen molar-refractivity contribution in [3.63, 3.8) is 0 Å². The van der Waals surface area contributed by atoms with E-state index in [0.717, 1.165) is 83.1 Å². The Hall–Kier alpha value is -1.47. The number of amides is 1. The number of ether oxygens (including phenoxy) is 1. The number of hydrogen-bond donors (Lipinski definition) is 0. The maximum atomic E-state index is 13.3. The lowest BCUT2D eigenvalue weighted by Gasteiger charge is -2.44. The van der Waals surface area contributed by atoms with Crippen LogP contribution in [-0.4, -0.2) is 69.4 Å². The van der Waals surface area contributed by atoms with Crippen LogP contribution < -0.4 is 0 Å². The molecule has 1 atom stereocenters. The summed E-state index contributed by atoms with van der Waals surface area (Å²) in [5.41, 5.74) is -0.176. The molecule has 0 aromatic carbocycles. The van der Waals surface area contributed by atoms with E-state index in [1.807, 2.05) is 18.5 Å². The van der Waals surface area contributed by atoms with Crippen LogP contribution in [0.15, 0.2) is 0 Å². The van der Waals surface area contributed by atoms with Crippen molar-refractivity contribution in [1.82, 2.24) is 24.6 Å². The van der Waals surface area contributed by atoms with Crippen LogP contribution in [0.25, 0.3) is 0 Å². The molecule has 1 amide bonds. The fourth-order valence-electron chi connectivity index (χ4n) is 4.71. The van der Waals surface area contributed by atoms with Gasteiger partial charge in [0.15, 0.2) is 0 Å². The Morgan fingerprint density at radius 3 is 2.72 bits per heavy atom. The van der Waals surface area contributed by atoms with Crippen molar-refractivity contribution in [2.24, 2.45) is 12.5 Å². The van der Waals surface area contributed by atoms with Gasteiger partial charge in [0.2, 0.25) is 5.91 Å². The Kier molecular flexibility index (Phi) is 4.54. The number of piperidine rings is 1. The molecule has 3 aliphatic rings. The van der Waals surface area contributed by atoms with E-state index in [1.165, 1.54) is 0 Å². The minimum Gasteiger partial charge on any atom is -0.381 e. The Morgan fingerprint density at radius 1 is 1.20 bits per heavy atom. The molecule has 0 aliphatic carbocycles. The molecule has 138 valence electrons. The molecule has 0 radical (unpaired) electrons. The fourth-order valence-corrected chi connectivity index (χ4v) is 4.71. The Balaban J connectivity index is 1.44. The number of hydrogen-bond acceptors (Lipinski definition) is 5. The quantitative estimate of drug-likeness (QED) is 0.820. The molecule has 0 unspecified atom stereocenters. The van der Waals surface area contributed by atoms with E-state index in [0.29, 0.717) is 11.9 Å².